The first-order valence-corrected chi connectivity index (χ1v) is 2.59. The summed E-state index contributed by atoms with van der Waals surface area (Å²) in [6, 6.07) is 1.58. The highest BCUT2D eigenvalue weighted by Crippen LogP contribution is 1.91. The van der Waals surface area contributed by atoms with Gasteiger partial charge in [-0.2, -0.15) is 0 Å². The van der Waals surface area contributed by atoms with Gasteiger partial charge < -0.3 is 10.9 Å². The number of nitrogen functional groups attached to an aromatic ring is 1. The zero-order valence-electron chi connectivity index (χ0n) is 5.10. The monoisotopic (exact) mass is 138 g/mol. The lowest BCUT2D eigenvalue weighted by atomic mass is 10.4. The van der Waals surface area contributed by atoms with Crippen molar-refractivity contribution in [1.82, 2.24) is 9.97 Å². The third kappa shape index (κ3) is 1.41. The van der Waals surface area contributed by atoms with E-state index in [2.05, 4.69) is 15.1 Å². The fourth-order valence-corrected chi connectivity index (χ4v) is 0.519. The molecule has 1 rings (SSSR count). The molecule has 0 spiro atoms. The van der Waals surface area contributed by atoms with Crippen molar-refractivity contribution < 1.29 is 5.21 Å². The number of oxime groups is 1. The van der Waals surface area contributed by atoms with E-state index >= 15 is 0 Å². The normalized spacial score (nSPS) is 10.4. The molecule has 0 radical (unpaired) electrons. The maximum atomic E-state index is 8.08. The van der Waals surface area contributed by atoms with E-state index in [-0.39, 0.29) is 5.95 Å². The molecular weight excluding hydrogens is 132 g/mol. The van der Waals surface area contributed by atoms with Crippen LogP contribution in [0.15, 0.2) is 17.4 Å². The lowest BCUT2D eigenvalue weighted by molar-refractivity contribution is 0.321. The summed E-state index contributed by atoms with van der Waals surface area (Å²) >= 11 is 0. The highest BCUT2D eigenvalue weighted by atomic mass is 16.4. The topological polar surface area (TPSA) is 84.4 Å². The van der Waals surface area contributed by atoms with Crippen molar-refractivity contribution in [3.63, 3.8) is 0 Å². The molecule has 1 heterocycles. The Labute approximate surface area is 57.2 Å². The average Bonchev–Trinajstić information content (AvgIpc) is 1.88. The average molecular weight is 138 g/mol. The fraction of sp³-hybridized carbons (Fsp3) is 0. The summed E-state index contributed by atoms with van der Waals surface area (Å²) in [5.74, 6) is 0.164. The van der Waals surface area contributed by atoms with Gasteiger partial charge in [0.2, 0.25) is 5.95 Å². The molecule has 1 aromatic rings. The number of aromatic nitrogens is 2. The van der Waals surface area contributed by atoms with E-state index in [4.69, 9.17) is 10.9 Å². The molecule has 0 bridgehead atoms. The molecular formula is C5H6N4O. The van der Waals surface area contributed by atoms with Crippen molar-refractivity contribution in [3.05, 3.63) is 18.0 Å². The van der Waals surface area contributed by atoms with Gasteiger partial charge in [0.15, 0.2) is 0 Å². The molecule has 0 amide bonds. The van der Waals surface area contributed by atoms with E-state index < -0.39 is 0 Å². The van der Waals surface area contributed by atoms with Crippen LogP contribution in [0.25, 0.3) is 0 Å². The van der Waals surface area contributed by atoms with Crippen molar-refractivity contribution in [2.24, 2.45) is 5.16 Å². The number of rotatable bonds is 1. The molecule has 52 valence electrons. The van der Waals surface area contributed by atoms with Gasteiger partial charge in [-0.1, -0.05) is 5.16 Å². The Morgan fingerprint density at radius 3 is 3.10 bits per heavy atom. The van der Waals surface area contributed by atoms with Gasteiger partial charge in [0.25, 0.3) is 0 Å². The van der Waals surface area contributed by atoms with Crippen molar-refractivity contribution in [1.29, 1.82) is 0 Å². The lowest BCUT2D eigenvalue weighted by Crippen LogP contribution is -1.96. The zero-order chi connectivity index (χ0) is 7.40. The predicted molar refractivity (Wildman–Crippen MR) is 35.8 cm³/mol. The first-order chi connectivity index (χ1) is 4.83. The van der Waals surface area contributed by atoms with Crippen LogP contribution in [0, 0.1) is 0 Å². The van der Waals surface area contributed by atoms with Crippen LogP contribution in [-0.4, -0.2) is 21.4 Å². The first-order valence-electron chi connectivity index (χ1n) is 2.59. The zero-order valence-corrected chi connectivity index (χ0v) is 5.10. The van der Waals surface area contributed by atoms with Gasteiger partial charge in [-0.15, -0.1) is 0 Å². The van der Waals surface area contributed by atoms with Crippen LogP contribution in [0.5, 0.6) is 0 Å². The smallest absolute Gasteiger partial charge is 0.220 e. The van der Waals surface area contributed by atoms with E-state index in [1.54, 1.807) is 6.07 Å². The number of anilines is 1. The van der Waals surface area contributed by atoms with E-state index in [1.165, 1.54) is 12.4 Å². The molecule has 5 heteroatoms. The van der Waals surface area contributed by atoms with Crippen molar-refractivity contribution in [2.45, 2.75) is 0 Å². The Balaban J connectivity index is 2.95. The molecule has 0 aliphatic carbocycles. The second-order valence-corrected chi connectivity index (χ2v) is 1.58. The standard InChI is InChI=1S/C5H6N4O/c6-5-7-2-1-4(9-5)3-8-10/h1-3,10H,(H2,6,7,9)/b8-3-. The Morgan fingerprint density at radius 1 is 1.70 bits per heavy atom. The minimum atomic E-state index is 0.164. The van der Waals surface area contributed by atoms with E-state index in [0.29, 0.717) is 5.69 Å². The lowest BCUT2D eigenvalue weighted by Gasteiger charge is -1.90. The van der Waals surface area contributed by atoms with Gasteiger partial charge >= 0.3 is 0 Å². The van der Waals surface area contributed by atoms with Crippen LogP contribution in [0.4, 0.5) is 5.95 Å². The summed E-state index contributed by atoms with van der Waals surface area (Å²) in [7, 11) is 0. The SMILES string of the molecule is Nc1nccc(/C=N\O)n1. The quantitative estimate of drug-likeness (QED) is 0.321. The number of nitrogens with zero attached hydrogens (tertiary/aromatic N) is 3. The molecule has 0 fully saturated rings. The maximum absolute atomic E-state index is 8.08. The molecule has 10 heavy (non-hydrogen) atoms. The predicted octanol–water partition coefficient (Wildman–Crippen LogP) is -0.133. The number of nitrogens with two attached hydrogens (primary N) is 1. The maximum Gasteiger partial charge on any atom is 0.220 e. The fourth-order valence-electron chi connectivity index (χ4n) is 0.519. The second kappa shape index (κ2) is 2.77. The van der Waals surface area contributed by atoms with Crippen LogP contribution < -0.4 is 5.73 Å². The minimum Gasteiger partial charge on any atom is -0.411 e. The van der Waals surface area contributed by atoms with E-state index in [0.717, 1.165) is 0 Å². The molecule has 0 saturated heterocycles. The Bertz CT molecular complexity index is 247. The van der Waals surface area contributed by atoms with Crippen molar-refractivity contribution >= 4 is 12.2 Å². The van der Waals surface area contributed by atoms with Crippen LogP contribution in [0.3, 0.4) is 0 Å². The summed E-state index contributed by atoms with van der Waals surface area (Å²) in [4.78, 5) is 7.37. The molecule has 0 aromatic carbocycles. The Hall–Kier alpha value is -1.65. The Kier molecular flexibility index (Phi) is 1.79. The van der Waals surface area contributed by atoms with Crippen LogP contribution in [0.2, 0.25) is 0 Å². The molecule has 0 saturated carbocycles. The van der Waals surface area contributed by atoms with Gasteiger partial charge in [-0.25, -0.2) is 9.97 Å². The molecule has 3 N–H and O–H groups in total. The molecule has 0 unspecified atom stereocenters. The minimum absolute atomic E-state index is 0.164. The highest BCUT2D eigenvalue weighted by Gasteiger charge is 1.89. The summed E-state index contributed by atoms with van der Waals surface area (Å²) in [6.07, 6.45) is 2.66. The molecule has 0 aliphatic heterocycles. The summed E-state index contributed by atoms with van der Waals surface area (Å²) in [5.41, 5.74) is 5.70. The third-order valence-electron chi connectivity index (χ3n) is 0.886. The van der Waals surface area contributed by atoms with E-state index in [1.807, 2.05) is 0 Å². The van der Waals surface area contributed by atoms with Gasteiger partial charge in [0.1, 0.15) is 0 Å². The van der Waals surface area contributed by atoms with E-state index in [9.17, 15) is 0 Å². The van der Waals surface area contributed by atoms with Gasteiger partial charge in [-0.3, -0.25) is 0 Å². The largest absolute Gasteiger partial charge is 0.411 e. The van der Waals surface area contributed by atoms with Crippen LogP contribution in [-0.2, 0) is 0 Å². The molecule has 0 atom stereocenters. The molecule has 1 aromatic heterocycles. The summed E-state index contributed by atoms with van der Waals surface area (Å²) in [5, 5.41) is 10.9. The second-order valence-electron chi connectivity index (χ2n) is 1.58. The molecule has 0 aliphatic rings. The van der Waals surface area contributed by atoms with Gasteiger partial charge in [-0.05, 0) is 6.07 Å². The molecule has 5 nitrogen and oxygen atoms in total. The summed E-state index contributed by atoms with van der Waals surface area (Å²) in [6.45, 7) is 0. The van der Waals surface area contributed by atoms with Crippen LogP contribution >= 0.6 is 0 Å². The number of hydrogen-bond donors (Lipinski definition) is 2. The van der Waals surface area contributed by atoms with Crippen LogP contribution in [0.1, 0.15) is 5.69 Å². The summed E-state index contributed by atoms with van der Waals surface area (Å²) < 4.78 is 0. The highest BCUT2D eigenvalue weighted by molar-refractivity contribution is 5.76. The Morgan fingerprint density at radius 2 is 2.50 bits per heavy atom. The van der Waals surface area contributed by atoms with Crippen molar-refractivity contribution in [2.75, 3.05) is 5.73 Å². The van der Waals surface area contributed by atoms with Gasteiger partial charge in [0, 0.05) is 6.20 Å². The van der Waals surface area contributed by atoms with Gasteiger partial charge in [0.05, 0.1) is 11.9 Å². The first kappa shape index (κ1) is 6.47. The third-order valence-corrected chi connectivity index (χ3v) is 0.886. The number of hydrogen-bond acceptors (Lipinski definition) is 5. The van der Waals surface area contributed by atoms with Crippen molar-refractivity contribution in [3.8, 4) is 0 Å².